The van der Waals surface area contributed by atoms with Gasteiger partial charge in [0.2, 0.25) is 0 Å². The Morgan fingerprint density at radius 3 is 2.71 bits per heavy atom. The van der Waals surface area contributed by atoms with Gasteiger partial charge in [0.05, 0.1) is 0 Å². The molecule has 2 N–H and O–H groups in total. The highest BCUT2D eigenvalue weighted by Gasteiger charge is 2.20. The molecule has 1 heterocycles. The molecule has 6 heteroatoms. The lowest BCUT2D eigenvalue weighted by Gasteiger charge is -2.35. The summed E-state index contributed by atoms with van der Waals surface area (Å²) in [6, 6.07) is 18.8. The number of carbonyl (C=O) groups is 1. The lowest BCUT2D eigenvalue weighted by atomic mass is 10.0. The number of carbonyl (C=O) groups excluding carboxylic acids is 1. The quantitative estimate of drug-likeness (QED) is 0.533. The van der Waals surface area contributed by atoms with Gasteiger partial charge in [0.1, 0.15) is 0 Å². The van der Waals surface area contributed by atoms with Crippen molar-refractivity contribution in [2.24, 2.45) is 4.99 Å². The van der Waals surface area contributed by atoms with E-state index in [-0.39, 0.29) is 5.91 Å². The van der Waals surface area contributed by atoms with Crippen LogP contribution in [0.1, 0.15) is 35.7 Å². The first kappa shape index (κ1) is 22.7. The molecule has 2 aromatic rings. The predicted molar refractivity (Wildman–Crippen MR) is 129 cm³/mol. The number of aliphatic imine (C=N–C) groups is 1. The molecule has 0 spiro atoms. The van der Waals surface area contributed by atoms with Gasteiger partial charge < -0.3 is 20.4 Å². The summed E-state index contributed by atoms with van der Waals surface area (Å²) < 4.78 is 0. The first-order valence-electron chi connectivity index (χ1n) is 11.2. The number of guanidine groups is 1. The van der Waals surface area contributed by atoms with Gasteiger partial charge in [-0.05, 0) is 56.0 Å². The van der Waals surface area contributed by atoms with Crippen molar-refractivity contribution in [2.75, 3.05) is 45.2 Å². The molecule has 0 radical (unpaired) electrons. The van der Waals surface area contributed by atoms with E-state index >= 15 is 0 Å². The Balaban J connectivity index is 1.58. The van der Waals surface area contributed by atoms with Crippen LogP contribution >= 0.6 is 0 Å². The number of hydrogen-bond acceptors (Lipinski definition) is 3. The summed E-state index contributed by atoms with van der Waals surface area (Å²) >= 11 is 0. The van der Waals surface area contributed by atoms with E-state index in [1.165, 1.54) is 12.1 Å². The van der Waals surface area contributed by atoms with E-state index < -0.39 is 0 Å². The molecule has 3 rings (SSSR count). The summed E-state index contributed by atoms with van der Waals surface area (Å²) in [7, 11) is 3.55. The van der Waals surface area contributed by atoms with Crippen molar-refractivity contribution in [3.05, 3.63) is 65.7 Å². The largest absolute Gasteiger partial charge is 0.369 e. The van der Waals surface area contributed by atoms with Crippen LogP contribution in [0.5, 0.6) is 0 Å². The normalized spacial score (nSPS) is 16.7. The maximum absolute atomic E-state index is 12.2. The average molecular weight is 422 g/mol. The topological polar surface area (TPSA) is 60.0 Å². The standard InChI is InChI=1S/C25H35N5O/c1-4-26-25(27-16-15-20-10-8-11-21(18-20)24(31)29(2)3)28-22-12-9-17-30(19-22)23-13-6-5-7-14-23/h5-8,10-11,13-14,18,22H,4,9,12,15-17,19H2,1-3H3,(H2,26,27,28). The monoisotopic (exact) mass is 421 g/mol. The molecule has 31 heavy (non-hydrogen) atoms. The predicted octanol–water partition coefficient (Wildman–Crippen LogP) is 3.16. The Kier molecular flexibility index (Phi) is 8.33. The molecule has 1 amide bonds. The molecule has 166 valence electrons. The minimum Gasteiger partial charge on any atom is -0.369 e. The van der Waals surface area contributed by atoms with E-state index in [9.17, 15) is 4.79 Å². The van der Waals surface area contributed by atoms with Crippen LogP contribution in [0.2, 0.25) is 0 Å². The summed E-state index contributed by atoms with van der Waals surface area (Å²) in [5.41, 5.74) is 3.13. The van der Waals surface area contributed by atoms with E-state index in [2.05, 4.69) is 58.9 Å². The molecule has 0 saturated carbocycles. The average Bonchev–Trinajstić information content (AvgIpc) is 2.79. The molecule has 1 saturated heterocycles. The molecule has 1 unspecified atom stereocenters. The molecule has 1 aliphatic rings. The van der Waals surface area contributed by atoms with Crippen molar-refractivity contribution in [2.45, 2.75) is 32.2 Å². The molecule has 0 aromatic heterocycles. The van der Waals surface area contributed by atoms with Crippen LogP contribution in [0.3, 0.4) is 0 Å². The van der Waals surface area contributed by atoms with Crippen LogP contribution in [0.4, 0.5) is 5.69 Å². The number of benzene rings is 2. The summed E-state index contributed by atoms with van der Waals surface area (Å²) in [4.78, 5) is 21.0. The van der Waals surface area contributed by atoms with Gasteiger partial charge in [-0.1, -0.05) is 30.3 Å². The first-order valence-corrected chi connectivity index (χ1v) is 11.2. The van der Waals surface area contributed by atoms with Gasteiger partial charge in [0.25, 0.3) is 5.91 Å². The van der Waals surface area contributed by atoms with Gasteiger partial charge in [0.15, 0.2) is 5.96 Å². The summed E-state index contributed by atoms with van der Waals surface area (Å²) in [6.07, 6.45) is 3.10. The lowest BCUT2D eigenvalue weighted by molar-refractivity contribution is 0.0827. The molecule has 0 aliphatic carbocycles. The third kappa shape index (κ3) is 6.74. The second-order valence-corrected chi connectivity index (χ2v) is 8.18. The van der Waals surface area contributed by atoms with Gasteiger partial charge in [-0.25, -0.2) is 0 Å². The minimum atomic E-state index is 0.0284. The third-order valence-electron chi connectivity index (χ3n) is 5.48. The molecule has 1 aliphatic heterocycles. The van der Waals surface area contributed by atoms with Gasteiger partial charge in [-0.15, -0.1) is 0 Å². The number of nitrogens with zero attached hydrogens (tertiary/aromatic N) is 3. The van der Waals surface area contributed by atoms with Crippen molar-refractivity contribution >= 4 is 17.6 Å². The third-order valence-corrected chi connectivity index (χ3v) is 5.48. The van der Waals surface area contributed by atoms with Crippen LogP contribution in [0, 0.1) is 0 Å². The Bertz CT molecular complexity index is 865. The summed E-state index contributed by atoms with van der Waals surface area (Å²) in [5.74, 6) is 0.892. The fourth-order valence-electron chi connectivity index (χ4n) is 3.90. The molecule has 2 aromatic carbocycles. The Hall–Kier alpha value is -3.02. The van der Waals surface area contributed by atoms with Crippen molar-refractivity contribution < 1.29 is 4.79 Å². The molecule has 6 nitrogen and oxygen atoms in total. The zero-order chi connectivity index (χ0) is 22.1. The number of rotatable bonds is 7. The highest BCUT2D eigenvalue weighted by Crippen LogP contribution is 2.19. The van der Waals surface area contributed by atoms with Crippen LogP contribution in [0.25, 0.3) is 0 Å². The highest BCUT2D eigenvalue weighted by molar-refractivity contribution is 5.94. The minimum absolute atomic E-state index is 0.0284. The van der Waals surface area contributed by atoms with E-state index in [4.69, 9.17) is 4.99 Å². The zero-order valence-corrected chi connectivity index (χ0v) is 19.0. The van der Waals surface area contributed by atoms with E-state index in [1.807, 2.05) is 18.2 Å². The Morgan fingerprint density at radius 1 is 1.16 bits per heavy atom. The highest BCUT2D eigenvalue weighted by atomic mass is 16.2. The van der Waals surface area contributed by atoms with Crippen LogP contribution in [-0.4, -0.2) is 63.1 Å². The molecule has 1 fully saturated rings. The fourth-order valence-corrected chi connectivity index (χ4v) is 3.90. The second kappa shape index (κ2) is 11.4. The fraction of sp³-hybridized carbons (Fsp3) is 0.440. The van der Waals surface area contributed by atoms with Crippen LogP contribution in [0.15, 0.2) is 59.6 Å². The zero-order valence-electron chi connectivity index (χ0n) is 19.0. The van der Waals surface area contributed by atoms with E-state index in [0.29, 0.717) is 12.6 Å². The Labute approximate surface area is 186 Å². The molecule has 1 atom stereocenters. The summed E-state index contributed by atoms with van der Waals surface area (Å²) in [6.45, 7) is 5.66. The first-order chi connectivity index (χ1) is 15.1. The maximum atomic E-state index is 12.2. The van der Waals surface area contributed by atoms with Crippen molar-refractivity contribution in [1.82, 2.24) is 15.5 Å². The van der Waals surface area contributed by atoms with E-state index in [0.717, 1.165) is 49.6 Å². The van der Waals surface area contributed by atoms with Crippen molar-refractivity contribution in [3.8, 4) is 0 Å². The van der Waals surface area contributed by atoms with Crippen LogP contribution in [-0.2, 0) is 6.42 Å². The molecular weight excluding hydrogens is 386 g/mol. The van der Waals surface area contributed by atoms with E-state index in [1.54, 1.807) is 19.0 Å². The number of hydrogen-bond donors (Lipinski definition) is 2. The summed E-state index contributed by atoms with van der Waals surface area (Å²) in [5, 5.41) is 7.00. The van der Waals surface area contributed by atoms with Gasteiger partial charge in [0, 0.05) is 57.6 Å². The lowest BCUT2D eigenvalue weighted by Crippen LogP contribution is -2.51. The number of amides is 1. The molecule has 0 bridgehead atoms. The smallest absolute Gasteiger partial charge is 0.253 e. The second-order valence-electron chi connectivity index (χ2n) is 8.18. The SMILES string of the molecule is CCNC(=NCCc1cccc(C(=O)N(C)C)c1)NC1CCCN(c2ccccc2)C1. The Morgan fingerprint density at radius 2 is 1.97 bits per heavy atom. The maximum Gasteiger partial charge on any atom is 0.253 e. The number of nitrogens with one attached hydrogen (secondary N) is 2. The molecular formula is C25H35N5O. The van der Waals surface area contributed by atoms with Crippen molar-refractivity contribution in [3.63, 3.8) is 0 Å². The number of anilines is 1. The van der Waals surface area contributed by atoms with Gasteiger partial charge >= 0.3 is 0 Å². The number of piperidine rings is 1. The van der Waals surface area contributed by atoms with Crippen molar-refractivity contribution in [1.29, 1.82) is 0 Å². The van der Waals surface area contributed by atoms with Gasteiger partial charge in [-0.2, -0.15) is 0 Å². The van der Waals surface area contributed by atoms with Crippen LogP contribution < -0.4 is 15.5 Å². The van der Waals surface area contributed by atoms with Gasteiger partial charge in [-0.3, -0.25) is 9.79 Å². The number of para-hydroxylation sites is 1.